The Kier molecular flexibility index (Phi) is 55.4. The largest absolute Gasteiger partial charge is 0.465 e. The van der Waals surface area contributed by atoms with Gasteiger partial charge < -0.3 is 9.47 Å². The van der Waals surface area contributed by atoms with Gasteiger partial charge in [0.05, 0.1) is 6.61 Å². The summed E-state index contributed by atoms with van der Waals surface area (Å²) in [5, 5.41) is 0. The lowest BCUT2D eigenvalue weighted by Crippen LogP contribution is -2.14. The maximum Gasteiger partial charge on any atom is 0.306 e. The van der Waals surface area contributed by atoms with Crippen molar-refractivity contribution in [1.82, 2.24) is 0 Å². The van der Waals surface area contributed by atoms with Crippen molar-refractivity contribution in [2.45, 2.75) is 310 Å². The van der Waals surface area contributed by atoms with Gasteiger partial charge in [-0.25, -0.2) is 0 Å². The lowest BCUT2D eigenvalue weighted by molar-refractivity contribution is -0.145. The van der Waals surface area contributed by atoms with Crippen molar-refractivity contribution < 1.29 is 19.1 Å². The second kappa shape index (κ2) is 54.7. The number of hydrogen-bond donors (Lipinski definition) is 0. The Bertz CT molecular complexity index is 809. The lowest BCUT2D eigenvalue weighted by Gasteiger charge is -2.17. The SMILES string of the molecule is C=CCOC(=O)CCCCCCCCCCCCCCCCC.CCCCCCCCCCCCCC(=O)OCC(CCCCCCCC)CCCCCCCCCC. The average Bonchev–Trinajstić information content (AvgIpc) is 3.24. The molecule has 59 heavy (non-hydrogen) atoms. The van der Waals surface area contributed by atoms with Crippen LogP contribution in [-0.4, -0.2) is 25.2 Å². The first-order valence-electron chi connectivity index (χ1n) is 27.0. The van der Waals surface area contributed by atoms with Gasteiger partial charge in [-0.2, -0.15) is 0 Å². The number of rotatable bonds is 48. The Morgan fingerprint density at radius 1 is 0.356 bits per heavy atom. The highest BCUT2D eigenvalue weighted by molar-refractivity contribution is 5.69. The van der Waals surface area contributed by atoms with Crippen LogP contribution in [0, 0.1) is 5.92 Å². The Labute approximate surface area is 371 Å². The summed E-state index contributed by atoms with van der Waals surface area (Å²) in [7, 11) is 0. The number of carbonyl (C=O) groups excluding carboxylic acids is 2. The summed E-state index contributed by atoms with van der Waals surface area (Å²) in [6.45, 7) is 13.7. The van der Waals surface area contributed by atoms with E-state index in [2.05, 4.69) is 34.3 Å². The van der Waals surface area contributed by atoms with Gasteiger partial charge >= 0.3 is 11.9 Å². The molecule has 0 saturated heterocycles. The third-order valence-electron chi connectivity index (χ3n) is 12.2. The van der Waals surface area contributed by atoms with Crippen molar-refractivity contribution in [2.75, 3.05) is 13.2 Å². The summed E-state index contributed by atoms with van der Waals surface area (Å²) < 4.78 is 10.7. The Morgan fingerprint density at radius 3 is 0.864 bits per heavy atom. The number of esters is 2. The van der Waals surface area contributed by atoms with E-state index in [4.69, 9.17) is 9.47 Å². The highest BCUT2D eigenvalue weighted by Crippen LogP contribution is 2.21. The minimum atomic E-state index is -0.0837. The fourth-order valence-corrected chi connectivity index (χ4v) is 8.17. The van der Waals surface area contributed by atoms with Crippen LogP contribution < -0.4 is 0 Å². The maximum atomic E-state index is 12.3. The summed E-state index contributed by atoms with van der Waals surface area (Å²) in [6, 6.07) is 0. The first-order chi connectivity index (χ1) is 29.0. The summed E-state index contributed by atoms with van der Waals surface area (Å²) in [6.07, 6.45) is 59.1. The molecule has 352 valence electrons. The first-order valence-corrected chi connectivity index (χ1v) is 27.0. The van der Waals surface area contributed by atoms with Gasteiger partial charge in [0.25, 0.3) is 0 Å². The predicted molar refractivity (Wildman–Crippen MR) is 261 cm³/mol. The van der Waals surface area contributed by atoms with Crippen molar-refractivity contribution in [1.29, 1.82) is 0 Å². The zero-order valence-corrected chi connectivity index (χ0v) is 41.0. The average molecular weight is 833 g/mol. The van der Waals surface area contributed by atoms with Crippen LogP contribution >= 0.6 is 0 Å². The van der Waals surface area contributed by atoms with Crippen LogP contribution in [0.3, 0.4) is 0 Å². The van der Waals surface area contributed by atoms with Crippen LogP contribution in [0.4, 0.5) is 0 Å². The lowest BCUT2D eigenvalue weighted by atomic mass is 9.94. The minimum Gasteiger partial charge on any atom is -0.465 e. The Balaban J connectivity index is 0. The first kappa shape index (κ1) is 59.8. The third-order valence-corrected chi connectivity index (χ3v) is 12.2. The molecule has 0 radical (unpaired) electrons. The highest BCUT2D eigenvalue weighted by Gasteiger charge is 2.12. The molecule has 0 aromatic heterocycles. The molecule has 1 unspecified atom stereocenters. The van der Waals surface area contributed by atoms with Gasteiger partial charge in [0.2, 0.25) is 0 Å². The van der Waals surface area contributed by atoms with Crippen LogP contribution in [-0.2, 0) is 19.1 Å². The smallest absolute Gasteiger partial charge is 0.306 e. The maximum absolute atomic E-state index is 12.3. The minimum absolute atomic E-state index is 0.0507. The van der Waals surface area contributed by atoms with Crippen molar-refractivity contribution in [2.24, 2.45) is 5.92 Å². The summed E-state index contributed by atoms with van der Waals surface area (Å²) in [4.78, 5) is 23.6. The Hall–Kier alpha value is -1.32. The zero-order valence-electron chi connectivity index (χ0n) is 41.0. The van der Waals surface area contributed by atoms with E-state index in [9.17, 15) is 9.59 Å². The normalized spacial score (nSPS) is 11.6. The van der Waals surface area contributed by atoms with E-state index in [1.165, 1.54) is 250 Å². The monoisotopic (exact) mass is 833 g/mol. The van der Waals surface area contributed by atoms with Gasteiger partial charge in [-0.05, 0) is 31.6 Å². The topological polar surface area (TPSA) is 52.6 Å². The molecule has 0 aromatic rings. The van der Waals surface area contributed by atoms with Gasteiger partial charge in [0.1, 0.15) is 6.61 Å². The van der Waals surface area contributed by atoms with Crippen LogP contribution in [0.15, 0.2) is 12.7 Å². The second-order valence-corrected chi connectivity index (χ2v) is 18.3. The number of hydrogen-bond acceptors (Lipinski definition) is 4. The van der Waals surface area contributed by atoms with E-state index in [1.54, 1.807) is 6.08 Å². The van der Waals surface area contributed by atoms with E-state index in [1.807, 2.05) is 0 Å². The molecule has 0 aliphatic rings. The zero-order chi connectivity index (χ0) is 43.4. The summed E-state index contributed by atoms with van der Waals surface area (Å²) >= 11 is 0. The van der Waals surface area contributed by atoms with Gasteiger partial charge in [-0.3, -0.25) is 9.59 Å². The van der Waals surface area contributed by atoms with Crippen molar-refractivity contribution >= 4 is 11.9 Å². The van der Waals surface area contributed by atoms with Gasteiger partial charge in [0, 0.05) is 12.8 Å². The van der Waals surface area contributed by atoms with Crippen molar-refractivity contribution in [3.05, 3.63) is 12.7 Å². The molecule has 4 heteroatoms. The van der Waals surface area contributed by atoms with Crippen LogP contribution in [0.25, 0.3) is 0 Å². The van der Waals surface area contributed by atoms with Crippen LogP contribution in [0.1, 0.15) is 310 Å². The fraction of sp³-hybridized carbons (Fsp3) is 0.927. The molecule has 0 heterocycles. The molecular formula is C55H108O4. The van der Waals surface area contributed by atoms with E-state index in [0.29, 0.717) is 32.0 Å². The van der Waals surface area contributed by atoms with Crippen molar-refractivity contribution in [3.8, 4) is 0 Å². The van der Waals surface area contributed by atoms with E-state index in [0.717, 1.165) is 19.3 Å². The molecule has 0 aliphatic carbocycles. The molecule has 0 amide bonds. The fourth-order valence-electron chi connectivity index (χ4n) is 8.17. The van der Waals surface area contributed by atoms with Crippen LogP contribution in [0.2, 0.25) is 0 Å². The second-order valence-electron chi connectivity index (χ2n) is 18.3. The number of ether oxygens (including phenoxy) is 2. The molecule has 0 fully saturated rings. The standard InChI is InChI=1S/C34H68O2.C21H40O2/c1-4-7-10-13-16-18-19-20-22-25-28-31-34(35)36-32-33(29-26-23-15-12-9-6-3)30-27-24-21-17-14-11-8-5-2;1-3-5-6-7-8-9-10-11-12-13-14-15-16-17-18-19-21(22)23-20-4-2/h33H,4-32H2,1-3H3;4H,2-3,5-20H2,1H3. The van der Waals surface area contributed by atoms with Crippen LogP contribution in [0.5, 0.6) is 0 Å². The van der Waals surface area contributed by atoms with Gasteiger partial charge in [0.15, 0.2) is 0 Å². The van der Waals surface area contributed by atoms with Gasteiger partial charge in [-0.1, -0.05) is 284 Å². The summed E-state index contributed by atoms with van der Waals surface area (Å²) in [5.41, 5.74) is 0. The molecular weight excluding hydrogens is 725 g/mol. The predicted octanol–water partition coefficient (Wildman–Crippen LogP) is 19.1. The quantitative estimate of drug-likeness (QED) is 0.0348. The number of carbonyl (C=O) groups is 2. The molecule has 0 spiro atoms. The van der Waals surface area contributed by atoms with E-state index in [-0.39, 0.29) is 11.9 Å². The van der Waals surface area contributed by atoms with Crippen molar-refractivity contribution in [3.63, 3.8) is 0 Å². The molecule has 0 aromatic carbocycles. The van der Waals surface area contributed by atoms with E-state index >= 15 is 0 Å². The third kappa shape index (κ3) is 54.7. The molecule has 1 atom stereocenters. The number of unbranched alkanes of at least 4 members (excludes halogenated alkanes) is 36. The molecule has 0 aliphatic heterocycles. The molecule has 4 nitrogen and oxygen atoms in total. The van der Waals surface area contributed by atoms with Gasteiger partial charge in [-0.15, -0.1) is 0 Å². The summed E-state index contributed by atoms with van der Waals surface area (Å²) in [5.74, 6) is 0.548. The van der Waals surface area contributed by atoms with E-state index < -0.39 is 0 Å². The highest BCUT2D eigenvalue weighted by atomic mass is 16.5. The Morgan fingerprint density at radius 2 is 0.593 bits per heavy atom. The molecule has 0 N–H and O–H groups in total. The molecule has 0 bridgehead atoms. The molecule has 0 saturated carbocycles. The molecule has 0 rings (SSSR count).